The highest BCUT2D eigenvalue weighted by atomic mass is 35.5. The average Bonchev–Trinajstić information content (AvgIpc) is 2.88. The third-order valence-corrected chi connectivity index (χ3v) is 3.81. The Kier molecular flexibility index (Phi) is 6.99. The number of anilines is 1. The molecule has 0 aromatic heterocycles. The van der Waals surface area contributed by atoms with Crippen molar-refractivity contribution < 1.29 is 9.53 Å². The number of amides is 1. The maximum atomic E-state index is 12.2. The lowest BCUT2D eigenvalue weighted by Gasteiger charge is -2.22. The number of halogens is 1. The monoisotopic (exact) mass is 312 g/mol. The zero-order valence-electron chi connectivity index (χ0n) is 12.6. The molecule has 21 heavy (non-hydrogen) atoms. The summed E-state index contributed by atoms with van der Waals surface area (Å²) in [6, 6.07) is 7.50. The van der Waals surface area contributed by atoms with Crippen molar-refractivity contribution in [1.82, 2.24) is 0 Å². The number of nitrogens with two attached hydrogens (primary N) is 1. The molecule has 0 bridgehead atoms. The number of carbonyl (C=O) groups is 1. The molecule has 1 fully saturated rings. The molecule has 1 amide bonds. The molecule has 2 rings (SSSR count). The van der Waals surface area contributed by atoms with Crippen LogP contribution in [-0.4, -0.2) is 18.1 Å². The van der Waals surface area contributed by atoms with Gasteiger partial charge in [0.2, 0.25) is 5.91 Å². The van der Waals surface area contributed by atoms with Crippen LogP contribution in [0.25, 0.3) is 0 Å². The minimum absolute atomic E-state index is 0. The van der Waals surface area contributed by atoms with Crippen LogP contribution in [0.4, 0.5) is 5.69 Å². The summed E-state index contributed by atoms with van der Waals surface area (Å²) in [6.07, 6.45) is 5.74. The first-order valence-corrected chi connectivity index (χ1v) is 7.47. The topological polar surface area (TPSA) is 64.3 Å². The van der Waals surface area contributed by atoms with Crippen molar-refractivity contribution in [3.63, 3.8) is 0 Å². The molecule has 1 aromatic carbocycles. The minimum Gasteiger partial charge on any atom is -0.494 e. The van der Waals surface area contributed by atoms with Crippen molar-refractivity contribution in [1.29, 1.82) is 0 Å². The van der Waals surface area contributed by atoms with Crippen molar-refractivity contribution in [2.45, 2.75) is 51.0 Å². The molecule has 5 heteroatoms. The fourth-order valence-electron chi connectivity index (χ4n) is 2.49. The van der Waals surface area contributed by atoms with Crippen molar-refractivity contribution in [3.05, 3.63) is 24.3 Å². The van der Waals surface area contributed by atoms with E-state index in [-0.39, 0.29) is 18.3 Å². The predicted octanol–water partition coefficient (Wildman–Crippen LogP) is 3.50. The molecule has 0 radical (unpaired) electrons. The molecule has 3 N–H and O–H groups in total. The number of ether oxygens (including phenoxy) is 1. The summed E-state index contributed by atoms with van der Waals surface area (Å²) in [6.45, 7) is 2.83. The molecule has 1 aromatic rings. The van der Waals surface area contributed by atoms with E-state index in [1.54, 1.807) is 0 Å². The van der Waals surface area contributed by atoms with Gasteiger partial charge in [-0.15, -0.1) is 12.4 Å². The first-order valence-electron chi connectivity index (χ1n) is 7.47. The van der Waals surface area contributed by atoms with E-state index in [4.69, 9.17) is 10.5 Å². The standard InChI is InChI=1S/C16H24N2O2.ClH/c1-2-3-11-20-14-8-6-7-13(12-14)18-15(19)16(17)9-4-5-10-16;/h6-8,12H,2-5,9-11,17H2,1H3,(H,18,19);1H. The van der Waals surface area contributed by atoms with Crippen LogP contribution >= 0.6 is 12.4 Å². The Hall–Kier alpha value is -1.26. The number of nitrogens with one attached hydrogen (secondary N) is 1. The smallest absolute Gasteiger partial charge is 0.244 e. The highest BCUT2D eigenvalue weighted by Crippen LogP contribution is 2.29. The van der Waals surface area contributed by atoms with E-state index in [1.165, 1.54) is 0 Å². The van der Waals surface area contributed by atoms with E-state index in [2.05, 4.69) is 12.2 Å². The molecule has 118 valence electrons. The van der Waals surface area contributed by atoms with Crippen LogP contribution in [-0.2, 0) is 4.79 Å². The molecule has 1 aliphatic carbocycles. The Morgan fingerprint density at radius 1 is 1.38 bits per heavy atom. The van der Waals surface area contributed by atoms with Gasteiger partial charge in [0.1, 0.15) is 5.75 Å². The van der Waals surface area contributed by atoms with Crippen LogP contribution in [0, 0.1) is 0 Å². The van der Waals surface area contributed by atoms with Gasteiger partial charge in [-0.05, 0) is 31.4 Å². The van der Waals surface area contributed by atoms with E-state index >= 15 is 0 Å². The molecule has 1 saturated carbocycles. The molecule has 1 aliphatic rings. The summed E-state index contributed by atoms with van der Waals surface area (Å²) in [5.41, 5.74) is 6.20. The second-order valence-electron chi connectivity index (χ2n) is 5.55. The second-order valence-corrected chi connectivity index (χ2v) is 5.55. The Bertz CT molecular complexity index is 459. The zero-order valence-corrected chi connectivity index (χ0v) is 13.4. The van der Waals surface area contributed by atoms with Gasteiger partial charge in [-0.25, -0.2) is 0 Å². The largest absolute Gasteiger partial charge is 0.494 e. The molecule has 0 heterocycles. The SMILES string of the molecule is CCCCOc1cccc(NC(=O)C2(N)CCCC2)c1.Cl. The highest BCUT2D eigenvalue weighted by molar-refractivity contribution is 5.98. The van der Waals surface area contributed by atoms with Gasteiger partial charge in [0.25, 0.3) is 0 Å². The fraction of sp³-hybridized carbons (Fsp3) is 0.562. The predicted molar refractivity (Wildman–Crippen MR) is 88.1 cm³/mol. The molecule has 0 unspecified atom stereocenters. The minimum atomic E-state index is -0.695. The van der Waals surface area contributed by atoms with Gasteiger partial charge < -0.3 is 15.8 Å². The van der Waals surface area contributed by atoms with Gasteiger partial charge in [0.05, 0.1) is 12.1 Å². The fourth-order valence-corrected chi connectivity index (χ4v) is 2.49. The van der Waals surface area contributed by atoms with Crippen LogP contribution in [0.3, 0.4) is 0 Å². The van der Waals surface area contributed by atoms with Crippen LogP contribution in [0.5, 0.6) is 5.75 Å². The molecular formula is C16H25ClN2O2. The number of hydrogen-bond donors (Lipinski definition) is 2. The Balaban J connectivity index is 0.00000220. The lowest BCUT2D eigenvalue weighted by atomic mass is 9.98. The van der Waals surface area contributed by atoms with E-state index in [0.717, 1.165) is 50.0 Å². The summed E-state index contributed by atoms with van der Waals surface area (Å²) in [5, 5.41) is 2.91. The first-order chi connectivity index (χ1) is 9.64. The van der Waals surface area contributed by atoms with Crippen LogP contribution < -0.4 is 15.8 Å². The number of hydrogen-bond acceptors (Lipinski definition) is 3. The van der Waals surface area contributed by atoms with Crippen molar-refractivity contribution in [2.24, 2.45) is 5.73 Å². The van der Waals surface area contributed by atoms with Crippen LogP contribution in [0.2, 0.25) is 0 Å². The maximum absolute atomic E-state index is 12.2. The number of carbonyl (C=O) groups excluding carboxylic acids is 1. The van der Waals surface area contributed by atoms with Gasteiger partial charge in [-0.2, -0.15) is 0 Å². The number of benzene rings is 1. The van der Waals surface area contributed by atoms with Gasteiger partial charge in [0, 0.05) is 11.8 Å². The molecule has 0 aliphatic heterocycles. The summed E-state index contributed by atoms with van der Waals surface area (Å²) in [4.78, 5) is 12.2. The average molecular weight is 313 g/mol. The van der Waals surface area contributed by atoms with E-state index in [9.17, 15) is 4.79 Å². The summed E-state index contributed by atoms with van der Waals surface area (Å²) >= 11 is 0. The lowest BCUT2D eigenvalue weighted by Crippen LogP contribution is -2.48. The number of unbranched alkanes of at least 4 members (excludes halogenated alkanes) is 1. The van der Waals surface area contributed by atoms with Crippen molar-refractivity contribution in [2.75, 3.05) is 11.9 Å². The van der Waals surface area contributed by atoms with E-state index < -0.39 is 5.54 Å². The van der Waals surface area contributed by atoms with Crippen LogP contribution in [0.1, 0.15) is 45.4 Å². The van der Waals surface area contributed by atoms with E-state index in [1.807, 2.05) is 24.3 Å². The van der Waals surface area contributed by atoms with E-state index in [0.29, 0.717) is 6.61 Å². The summed E-state index contributed by atoms with van der Waals surface area (Å²) in [5.74, 6) is 0.703. The first kappa shape index (κ1) is 17.8. The summed E-state index contributed by atoms with van der Waals surface area (Å²) < 4.78 is 5.64. The number of rotatable bonds is 6. The lowest BCUT2D eigenvalue weighted by molar-refractivity contribution is -0.121. The quantitative estimate of drug-likeness (QED) is 0.790. The zero-order chi connectivity index (χ0) is 14.4. The van der Waals surface area contributed by atoms with Crippen molar-refractivity contribution in [3.8, 4) is 5.75 Å². The Morgan fingerprint density at radius 2 is 2.10 bits per heavy atom. The second kappa shape index (κ2) is 8.25. The van der Waals surface area contributed by atoms with Gasteiger partial charge in [0.15, 0.2) is 0 Å². The van der Waals surface area contributed by atoms with Gasteiger partial charge in [-0.3, -0.25) is 4.79 Å². The van der Waals surface area contributed by atoms with Gasteiger partial charge >= 0.3 is 0 Å². The third-order valence-electron chi connectivity index (χ3n) is 3.81. The van der Waals surface area contributed by atoms with Gasteiger partial charge in [-0.1, -0.05) is 32.3 Å². The summed E-state index contributed by atoms with van der Waals surface area (Å²) in [7, 11) is 0. The maximum Gasteiger partial charge on any atom is 0.244 e. The molecule has 0 spiro atoms. The Morgan fingerprint density at radius 3 is 2.76 bits per heavy atom. The molecule has 0 atom stereocenters. The van der Waals surface area contributed by atoms with Crippen LogP contribution in [0.15, 0.2) is 24.3 Å². The molecule has 4 nitrogen and oxygen atoms in total. The molecule has 0 saturated heterocycles. The Labute approximate surface area is 132 Å². The normalized spacial score (nSPS) is 16.1. The third kappa shape index (κ3) is 4.90. The molecular weight excluding hydrogens is 288 g/mol. The highest BCUT2D eigenvalue weighted by Gasteiger charge is 2.36. The van der Waals surface area contributed by atoms with Crippen molar-refractivity contribution >= 4 is 24.0 Å².